The lowest BCUT2D eigenvalue weighted by Crippen LogP contribution is -2.36. The van der Waals surface area contributed by atoms with Gasteiger partial charge in [0.15, 0.2) is 0 Å². The number of rotatable bonds is 6. The van der Waals surface area contributed by atoms with Gasteiger partial charge in [0, 0.05) is 19.3 Å². The van der Waals surface area contributed by atoms with Gasteiger partial charge in [0.05, 0.1) is 12.1 Å². The van der Waals surface area contributed by atoms with Crippen molar-refractivity contribution in [3.05, 3.63) is 24.2 Å². The number of pyridine rings is 1. The maximum Gasteiger partial charge on any atom is 0.241 e. The summed E-state index contributed by atoms with van der Waals surface area (Å²) in [6.07, 6.45) is 10.0. The minimum atomic E-state index is 0.225. The SMILES string of the molecule is OC[C@@H]1CCCN(Cc2nc(-c3cccnc3OC3CCCCC3)no2)C1. The first-order chi connectivity index (χ1) is 13.3. The second-order valence-electron chi connectivity index (χ2n) is 7.67. The van der Waals surface area contributed by atoms with Gasteiger partial charge in [-0.05, 0) is 63.1 Å². The van der Waals surface area contributed by atoms with Crippen LogP contribution in [0.25, 0.3) is 11.4 Å². The molecular formula is C20H28N4O3. The summed E-state index contributed by atoms with van der Waals surface area (Å²) in [5.74, 6) is 2.06. The van der Waals surface area contributed by atoms with E-state index in [1.165, 1.54) is 19.3 Å². The molecule has 0 unspecified atom stereocenters. The fourth-order valence-corrected chi connectivity index (χ4v) is 4.06. The summed E-state index contributed by atoms with van der Waals surface area (Å²) in [5.41, 5.74) is 0.782. The maximum atomic E-state index is 9.39. The minimum Gasteiger partial charge on any atom is -0.474 e. The normalized spacial score (nSPS) is 22.0. The number of ether oxygens (including phenoxy) is 1. The van der Waals surface area contributed by atoms with Gasteiger partial charge in [-0.2, -0.15) is 4.98 Å². The Hall–Kier alpha value is -1.99. The summed E-state index contributed by atoms with van der Waals surface area (Å²) in [6, 6.07) is 3.80. The number of aliphatic hydroxyl groups is 1. The molecule has 27 heavy (non-hydrogen) atoms. The molecule has 1 saturated heterocycles. The standard InChI is InChI=1S/C20H28N4O3/c25-14-15-6-5-11-24(12-15)13-18-22-19(23-27-18)17-9-4-10-21-20(17)26-16-7-2-1-3-8-16/h4,9-10,15-16,25H,1-3,5-8,11-14H2/t15-/m1/s1. The molecule has 0 aromatic carbocycles. The molecule has 2 aliphatic rings. The fraction of sp³-hybridized carbons (Fsp3) is 0.650. The lowest BCUT2D eigenvalue weighted by molar-refractivity contribution is 0.107. The molecule has 2 aromatic heterocycles. The molecule has 1 aliphatic heterocycles. The Balaban J connectivity index is 1.45. The van der Waals surface area contributed by atoms with E-state index in [1.54, 1.807) is 6.20 Å². The van der Waals surface area contributed by atoms with Gasteiger partial charge < -0.3 is 14.4 Å². The molecule has 1 aliphatic carbocycles. The van der Waals surface area contributed by atoms with Crippen molar-refractivity contribution in [3.63, 3.8) is 0 Å². The van der Waals surface area contributed by atoms with Crippen molar-refractivity contribution in [2.45, 2.75) is 57.6 Å². The molecular weight excluding hydrogens is 344 g/mol. The Kier molecular flexibility index (Phi) is 5.99. The largest absolute Gasteiger partial charge is 0.474 e. The van der Waals surface area contributed by atoms with E-state index < -0.39 is 0 Å². The van der Waals surface area contributed by atoms with Crippen molar-refractivity contribution in [3.8, 4) is 17.3 Å². The molecule has 4 rings (SSSR count). The van der Waals surface area contributed by atoms with E-state index in [2.05, 4.69) is 20.0 Å². The molecule has 7 heteroatoms. The van der Waals surface area contributed by atoms with Gasteiger partial charge in [-0.3, -0.25) is 4.90 Å². The molecule has 7 nitrogen and oxygen atoms in total. The summed E-state index contributed by atoms with van der Waals surface area (Å²) in [7, 11) is 0. The zero-order valence-corrected chi connectivity index (χ0v) is 15.7. The molecule has 2 fully saturated rings. The van der Waals surface area contributed by atoms with Crippen molar-refractivity contribution >= 4 is 0 Å². The first-order valence-electron chi connectivity index (χ1n) is 10.1. The van der Waals surface area contributed by atoms with E-state index in [0.717, 1.165) is 44.3 Å². The lowest BCUT2D eigenvalue weighted by atomic mass is 9.98. The number of aliphatic hydroxyl groups excluding tert-OH is 1. The zero-order chi connectivity index (χ0) is 18.5. The van der Waals surface area contributed by atoms with Crippen LogP contribution in [0, 0.1) is 5.92 Å². The van der Waals surface area contributed by atoms with Crippen LogP contribution in [0.5, 0.6) is 5.88 Å². The van der Waals surface area contributed by atoms with Crippen LogP contribution in [-0.2, 0) is 6.54 Å². The highest BCUT2D eigenvalue weighted by molar-refractivity contribution is 5.60. The Labute approximate surface area is 159 Å². The average Bonchev–Trinajstić information content (AvgIpc) is 3.17. The van der Waals surface area contributed by atoms with E-state index in [-0.39, 0.29) is 12.7 Å². The Bertz CT molecular complexity index is 730. The Morgan fingerprint density at radius 3 is 2.93 bits per heavy atom. The number of likely N-dealkylation sites (tertiary alicyclic amines) is 1. The second-order valence-corrected chi connectivity index (χ2v) is 7.67. The van der Waals surface area contributed by atoms with E-state index >= 15 is 0 Å². The van der Waals surface area contributed by atoms with Crippen molar-refractivity contribution < 1.29 is 14.4 Å². The van der Waals surface area contributed by atoms with Gasteiger partial charge >= 0.3 is 0 Å². The van der Waals surface area contributed by atoms with Crippen LogP contribution in [0.4, 0.5) is 0 Å². The van der Waals surface area contributed by atoms with Gasteiger partial charge in [-0.15, -0.1) is 0 Å². The summed E-state index contributed by atoms with van der Waals surface area (Å²) in [6.45, 7) is 2.72. The van der Waals surface area contributed by atoms with Crippen molar-refractivity contribution in [2.24, 2.45) is 5.92 Å². The van der Waals surface area contributed by atoms with Crippen LogP contribution in [0.15, 0.2) is 22.9 Å². The monoisotopic (exact) mass is 372 g/mol. The van der Waals surface area contributed by atoms with Crippen LogP contribution in [0.2, 0.25) is 0 Å². The van der Waals surface area contributed by atoms with E-state index in [4.69, 9.17) is 9.26 Å². The summed E-state index contributed by atoms with van der Waals surface area (Å²) in [4.78, 5) is 11.3. The first-order valence-corrected chi connectivity index (χ1v) is 10.1. The van der Waals surface area contributed by atoms with Crippen molar-refractivity contribution in [1.82, 2.24) is 20.0 Å². The number of aromatic nitrogens is 3. The van der Waals surface area contributed by atoms with Crippen molar-refractivity contribution in [1.29, 1.82) is 0 Å². The smallest absolute Gasteiger partial charge is 0.241 e. The van der Waals surface area contributed by atoms with Gasteiger partial charge in [-0.1, -0.05) is 11.6 Å². The molecule has 2 aromatic rings. The van der Waals surface area contributed by atoms with Crippen molar-refractivity contribution in [2.75, 3.05) is 19.7 Å². The molecule has 1 atom stereocenters. The highest BCUT2D eigenvalue weighted by Gasteiger charge is 2.23. The molecule has 0 amide bonds. The zero-order valence-electron chi connectivity index (χ0n) is 15.7. The van der Waals surface area contributed by atoms with Crippen LogP contribution in [0.3, 0.4) is 0 Å². The quantitative estimate of drug-likeness (QED) is 0.834. The Morgan fingerprint density at radius 2 is 2.07 bits per heavy atom. The molecule has 146 valence electrons. The van der Waals surface area contributed by atoms with Crippen LogP contribution >= 0.6 is 0 Å². The van der Waals surface area contributed by atoms with Crippen LogP contribution in [-0.4, -0.2) is 50.9 Å². The molecule has 0 spiro atoms. The number of nitrogens with zero attached hydrogens (tertiary/aromatic N) is 4. The highest BCUT2D eigenvalue weighted by atomic mass is 16.5. The number of piperidine rings is 1. The van der Waals surface area contributed by atoms with E-state index in [1.807, 2.05) is 12.1 Å². The van der Waals surface area contributed by atoms with Gasteiger partial charge in [0.2, 0.25) is 17.6 Å². The van der Waals surface area contributed by atoms with E-state index in [0.29, 0.717) is 30.1 Å². The fourth-order valence-electron chi connectivity index (χ4n) is 4.06. The summed E-state index contributed by atoms with van der Waals surface area (Å²) in [5, 5.41) is 13.6. The third kappa shape index (κ3) is 4.65. The molecule has 1 N–H and O–H groups in total. The predicted octanol–water partition coefficient (Wildman–Crippen LogP) is 3.05. The number of hydrogen-bond acceptors (Lipinski definition) is 7. The summed E-state index contributed by atoms with van der Waals surface area (Å²) >= 11 is 0. The summed E-state index contributed by atoms with van der Waals surface area (Å²) < 4.78 is 11.6. The maximum absolute atomic E-state index is 9.39. The number of hydrogen-bond donors (Lipinski definition) is 1. The third-order valence-electron chi connectivity index (χ3n) is 5.53. The predicted molar refractivity (Wildman–Crippen MR) is 100 cm³/mol. The second kappa shape index (κ2) is 8.80. The van der Waals surface area contributed by atoms with E-state index in [9.17, 15) is 5.11 Å². The molecule has 1 saturated carbocycles. The van der Waals surface area contributed by atoms with Gasteiger partial charge in [0.25, 0.3) is 0 Å². The molecule has 3 heterocycles. The third-order valence-corrected chi connectivity index (χ3v) is 5.53. The Morgan fingerprint density at radius 1 is 1.19 bits per heavy atom. The van der Waals surface area contributed by atoms with Gasteiger partial charge in [0.1, 0.15) is 6.10 Å². The van der Waals surface area contributed by atoms with Crippen LogP contribution in [0.1, 0.15) is 50.8 Å². The lowest BCUT2D eigenvalue weighted by Gasteiger charge is -2.30. The highest BCUT2D eigenvalue weighted by Crippen LogP contribution is 2.29. The first kappa shape index (κ1) is 18.4. The minimum absolute atomic E-state index is 0.225. The molecule has 0 radical (unpaired) electrons. The van der Waals surface area contributed by atoms with Gasteiger partial charge in [-0.25, -0.2) is 4.98 Å². The average molecular weight is 372 g/mol. The van der Waals surface area contributed by atoms with Crippen LogP contribution < -0.4 is 4.74 Å². The molecule has 0 bridgehead atoms. The topological polar surface area (TPSA) is 84.5 Å².